The summed E-state index contributed by atoms with van der Waals surface area (Å²) in [7, 11) is -2.74. The Bertz CT molecular complexity index is 380. The Morgan fingerprint density at radius 3 is 2.56 bits per heavy atom. The summed E-state index contributed by atoms with van der Waals surface area (Å²) in [6, 6.07) is 0. The molecule has 0 amide bonds. The number of hydrogen-bond acceptors (Lipinski definition) is 2. The van der Waals surface area contributed by atoms with E-state index in [0.717, 1.165) is 37.1 Å². The van der Waals surface area contributed by atoms with Crippen molar-refractivity contribution in [1.82, 2.24) is 0 Å². The molecule has 0 aromatic carbocycles. The summed E-state index contributed by atoms with van der Waals surface area (Å²) < 4.78 is 23.9. The van der Waals surface area contributed by atoms with E-state index in [9.17, 15) is 8.42 Å². The molecule has 3 nitrogen and oxygen atoms in total. The van der Waals surface area contributed by atoms with E-state index in [4.69, 9.17) is 6.42 Å². The zero-order valence-electron chi connectivity index (χ0n) is 9.69. The minimum absolute atomic E-state index is 0.371. The van der Waals surface area contributed by atoms with Gasteiger partial charge in [-0.1, -0.05) is 0 Å². The second-order valence-corrected chi connectivity index (χ2v) is 7.57. The minimum atomic E-state index is -2.74. The number of rotatable bonds is 1. The minimum Gasteiger partial charge on any atom is -0.322 e. The lowest BCUT2D eigenvalue weighted by molar-refractivity contribution is -0.932. The second kappa shape index (κ2) is 4.38. The van der Waals surface area contributed by atoms with E-state index in [1.807, 2.05) is 0 Å². The average Bonchev–Trinajstić information content (AvgIpc) is 2.25. The number of piperidine rings is 1. The van der Waals surface area contributed by atoms with Crippen molar-refractivity contribution >= 4 is 9.84 Å². The second-order valence-electron chi connectivity index (χ2n) is 5.26. The van der Waals surface area contributed by atoms with E-state index >= 15 is 0 Å². The van der Waals surface area contributed by atoms with Crippen LogP contribution in [0.4, 0.5) is 0 Å². The van der Waals surface area contributed by atoms with Gasteiger partial charge in [0.2, 0.25) is 0 Å². The normalized spacial score (nSPS) is 32.1. The van der Waals surface area contributed by atoms with Crippen LogP contribution >= 0.6 is 0 Å². The Kier molecular flexibility index (Phi) is 3.27. The lowest BCUT2D eigenvalue weighted by Crippen LogP contribution is -2.60. The Hall–Kier alpha value is -0.530. The van der Waals surface area contributed by atoms with Gasteiger partial charge in [0.05, 0.1) is 37.7 Å². The van der Waals surface area contributed by atoms with Crippen LogP contribution in [0, 0.1) is 18.3 Å². The van der Waals surface area contributed by atoms with Crippen LogP contribution in [0.1, 0.15) is 19.3 Å². The summed E-state index contributed by atoms with van der Waals surface area (Å²) in [6.07, 6.45) is 8.64. The Morgan fingerprint density at radius 2 is 1.94 bits per heavy atom. The van der Waals surface area contributed by atoms with Gasteiger partial charge in [-0.05, 0) is 12.8 Å². The maximum Gasteiger partial charge on any atom is 0.161 e. The van der Waals surface area contributed by atoms with Gasteiger partial charge in [-0.25, -0.2) is 8.42 Å². The molecule has 2 aliphatic rings. The molecule has 0 saturated carbocycles. The third-order valence-corrected chi connectivity index (χ3v) is 5.66. The maximum absolute atomic E-state index is 11.4. The first kappa shape index (κ1) is 11.9. The van der Waals surface area contributed by atoms with Crippen LogP contribution in [0.2, 0.25) is 0 Å². The fraction of sp³-hybridized carbons (Fsp3) is 0.833. The predicted octanol–water partition coefficient (Wildman–Crippen LogP) is 0.665. The molecule has 4 heteroatoms. The number of hydrogen-bond donors (Lipinski definition) is 0. The molecule has 16 heavy (non-hydrogen) atoms. The summed E-state index contributed by atoms with van der Waals surface area (Å²) in [5.41, 5.74) is 0. The molecule has 2 rings (SSSR count). The Labute approximate surface area is 98.3 Å². The van der Waals surface area contributed by atoms with Gasteiger partial charge < -0.3 is 4.48 Å². The number of quaternary nitrogens is 1. The molecule has 2 saturated heterocycles. The zero-order chi connectivity index (χ0) is 11.6. The van der Waals surface area contributed by atoms with Gasteiger partial charge in [-0.3, -0.25) is 0 Å². The summed E-state index contributed by atoms with van der Waals surface area (Å²) in [4.78, 5) is 0. The van der Waals surface area contributed by atoms with Crippen LogP contribution in [0.3, 0.4) is 0 Å². The fourth-order valence-corrected chi connectivity index (χ4v) is 4.60. The maximum atomic E-state index is 11.4. The predicted molar refractivity (Wildman–Crippen MR) is 64.6 cm³/mol. The van der Waals surface area contributed by atoms with E-state index < -0.39 is 9.84 Å². The number of nitrogens with zero attached hydrogens (tertiary/aromatic N) is 1. The molecule has 0 bridgehead atoms. The molecule has 1 spiro atoms. The van der Waals surface area contributed by atoms with Gasteiger partial charge in [-0.2, -0.15) is 0 Å². The summed E-state index contributed by atoms with van der Waals surface area (Å²) in [5, 5.41) is 0. The lowest BCUT2D eigenvalue weighted by atomic mass is 9.93. The van der Waals surface area contributed by atoms with Gasteiger partial charge in [0.1, 0.15) is 0 Å². The van der Waals surface area contributed by atoms with Crippen molar-refractivity contribution < 1.29 is 12.9 Å². The lowest BCUT2D eigenvalue weighted by Gasteiger charge is -2.46. The molecular formula is C12H20NO2S+. The van der Waals surface area contributed by atoms with E-state index in [1.165, 1.54) is 12.8 Å². The highest BCUT2D eigenvalue weighted by Crippen LogP contribution is 2.27. The van der Waals surface area contributed by atoms with Crippen molar-refractivity contribution in [2.24, 2.45) is 5.92 Å². The molecule has 0 aliphatic carbocycles. The number of sulfone groups is 1. The van der Waals surface area contributed by atoms with Gasteiger partial charge in [0.25, 0.3) is 0 Å². The van der Waals surface area contributed by atoms with Crippen LogP contribution < -0.4 is 0 Å². The number of terminal acetylenes is 1. The smallest absolute Gasteiger partial charge is 0.161 e. The van der Waals surface area contributed by atoms with Crippen molar-refractivity contribution in [2.45, 2.75) is 19.3 Å². The van der Waals surface area contributed by atoms with Crippen molar-refractivity contribution in [1.29, 1.82) is 0 Å². The molecular weight excluding hydrogens is 222 g/mol. The molecule has 2 heterocycles. The van der Waals surface area contributed by atoms with Gasteiger partial charge in [-0.15, -0.1) is 12.3 Å². The first-order valence-corrected chi connectivity index (χ1v) is 7.86. The van der Waals surface area contributed by atoms with Crippen LogP contribution in [-0.4, -0.2) is 50.6 Å². The van der Waals surface area contributed by atoms with E-state index in [2.05, 4.69) is 5.92 Å². The molecule has 1 atom stereocenters. The Morgan fingerprint density at radius 1 is 1.25 bits per heavy atom. The van der Waals surface area contributed by atoms with Crippen molar-refractivity contribution in [2.75, 3.05) is 37.7 Å². The molecule has 0 N–H and O–H groups in total. The van der Waals surface area contributed by atoms with Crippen LogP contribution in [0.15, 0.2) is 0 Å². The third kappa shape index (κ3) is 2.58. The highest BCUT2D eigenvalue weighted by atomic mass is 32.2. The first-order chi connectivity index (χ1) is 7.55. The molecule has 1 unspecified atom stereocenters. The quantitative estimate of drug-likeness (QED) is 0.500. The van der Waals surface area contributed by atoms with Gasteiger partial charge in [0, 0.05) is 12.3 Å². The first-order valence-electron chi connectivity index (χ1n) is 6.04. The Balaban J connectivity index is 2.01. The van der Waals surface area contributed by atoms with E-state index in [0.29, 0.717) is 17.4 Å². The molecule has 90 valence electrons. The average molecular weight is 242 g/mol. The molecule has 0 radical (unpaired) electrons. The van der Waals surface area contributed by atoms with Crippen LogP contribution in [0.25, 0.3) is 0 Å². The van der Waals surface area contributed by atoms with Crippen molar-refractivity contribution in [3.63, 3.8) is 0 Å². The van der Waals surface area contributed by atoms with Crippen LogP contribution in [-0.2, 0) is 9.84 Å². The topological polar surface area (TPSA) is 34.1 Å². The largest absolute Gasteiger partial charge is 0.322 e. The highest BCUT2D eigenvalue weighted by Gasteiger charge is 2.39. The summed E-state index contributed by atoms with van der Waals surface area (Å²) in [6.45, 7) is 3.86. The fourth-order valence-electron chi connectivity index (χ4n) is 3.06. The van der Waals surface area contributed by atoms with Crippen molar-refractivity contribution in [3.05, 3.63) is 0 Å². The molecule has 2 fully saturated rings. The van der Waals surface area contributed by atoms with Crippen LogP contribution in [0.5, 0.6) is 0 Å². The molecule has 0 aromatic rings. The van der Waals surface area contributed by atoms with Gasteiger partial charge in [0.15, 0.2) is 9.84 Å². The third-order valence-electron chi connectivity index (χ3n) is 4.05. The van der Waals surface area contributed by atoms with E-state index in [1.54, 1.807) is 0 Å². The zero-order valence-corrected chi connectivity index (χ0v) is 10.5. The monoisotopic (exact) mass is 242 g/mol. The summed E-state index contributed by atoms with van der Waals surface area (Å²) in [5.74, 6) is 4.10. The molecule has 0 aromatic heterocycles. The highest BCUT2D eigenvalue weighted by molar-refractivity contribution is 7.91. The summed E-state index contributed by atoms with van der Waals surface area (Å²) >= 11 is 0. The van der Waals surface area contributed by atoms with Crippen molar-refractivity contribution in [3.8, 4) is 12.3 Å². The van der Waals surface area contributed by atoms with E-state index in [-0.39, 0.29) is 0 Å². The SMILES string of the molecule is C#CCC1CCC[N+]2(CCS(=O)(=O)CC2)C1. The van der Waals surface area contributed by atoms with Gasteiger partial charge >= 0.3 is 0 Å². The molecule has 2 aliphatic heterocycles. The standard InChI is InChI=1S/C12H20NO2S/c1-2-4-12-5-3-6-13(11-12)7-9-16(14,15)10-8-13/h1,12H,3-11H2/q+1.